The number of hydrogen-bond acceptors (Lipinski definition) is 0. The summed E-state index contributed by atoms with van der Waals surface area (Å²) in [5.74, 6) is 4.51. The quantitative estimate of drug-likeness (QED) is 0.387. The predicted octanol–water partition coefficient (Wildman–Crippen LogP) is 9.10. The number of hydrogen-bond donors (Lipinski definition) is 0. The van der Waals surface area contributed by atoms with Crippen molar-refractivity contribution in [2.75, 3.05) is 0 Å². The minimum absolute atomic E-state index is 0.471. The average molecular weight is 405 g/mol. The summed E-state index contributed by atoms with van der Waals surface area (Å²) in [4.78, 5) is 0. The molecule has 3 fully saturated rings. The molecule has 0 unspecified atom stereocenters. The van der Waals surface area contributed by atoms with Crippen molar-refractivity contribution in [3.8, 4) is 0 Å². The molecule has 0 heterocycles. The fraction of sp³-hybridized carbons (Fsp3) is 0.778. The molecule has 0 aromatic rings. The first-order chi connectivity index (χ1) is 14.0. The summed E-state index contributed by atoms with van der Waals surface area (Å²) in [6.07, 6.45) is 23.4. The predicted molar refractivity (Wildman–Crippen MR) is 120 cm³/mol. The van der Waals surface area contributed by atoms with Gasteiger partial charge in [-0.1, -0.05) is 43.6 Å². The summed E-state index contributed by atoms with van der Waals surface area (Å²) in [6, 6.07) is 0. The average Bonchev–Trinajstić information content (AvgIpc) is 2.73. The van der Waals surface area contributed by atoms with Gasteiger partial charge in [0.1, 0.15) is 0 Å². The summed E-state index contributed by atoms with van der Waals surface area (Å²) >= 11 is 0. The highest BCUT2D eigenvalue weighted by molar-refractivity contribution is 5.09. The minimum atomic E-state index is -1.51. The van der Waals surface area contributed by atoms with Crippen molar-refractivity contribution >= 4 is 0 Å². The first-order valence-electron chi connectivity index (χ1n) is 12.4. The van der Waals surface area contributed by atoms with Gasteiger partial charge in [-0.15, -0.1) is 0 Å². The highest BCUT2D eigenvalue weighted by Gasteiger charge is 2.24. The summed E-state index contributed by atoms with van der Waals surface area (Å²) < 4.78 is 24.5. The molecule has 3 rings (SSSR count). The maximum Gasteiger partial charge on any atom is 0.266 e. The SMILES string of the molecule is CC(=CC1CCC(C)CC1)C1CCC(C=CC2CCC(CC=C(F)F)CC2)CC1. The van der Waals surface area contributed by atoms with Crippen LogP contribution in [0.4, 0.5) is 8.78 Å². The molecule has 0 radical (unpaired) electrons. The van der Waals surface area contributed by atoms with Crippen LogP contribution in [0.15, 0.2) is 36.0 Å². The zero-order chi connectivity index (χ0) is 20.6. The molecule has 2 heteroatoms. The first-order valence-corrected chi connectivity index (χ1v) is 12.4. The Kier molecular flexibility index (Phi) is 9.00. The monoisotopic (exact) mass is 404 g/mol. The van der Waals surface area contributed by atoms with Gasteiger partial charge in [0, 0.05) is 0 Å². The summed E-state index contributed by atoms with van der Waals surface area (Å²) in [5.41, 5.74) is 1.67. The lowest BCUT2D eigenvalue weighted by Crippen LogP contribution is -2.17. The van der Waals surface area contributed by atoms with Gasteiger partial charge < -0.3 is 0 Å². The maximum atomic E-state index is 12.2. The fourth-order valence-electron chi connectivity index (χ4n) is 5.91. The van der Waals surface area contributed by atoms with Crippen LogP contribution in [0.1, 0.15) is 97.3 Å². The van der Waals surface area contributed by atoms with Crippen LogP contribution in [0.2, 0.25) is 0 Å². The van der Waals surface area contributed by atoms with E-state index in [0.29, 0.717) is 18.3 Å². The van der Waals surface area contributed by atoms with Crippen LogP contribution in [0.25, 0.3) is 0 Å². The molecule has 0 aromatic carbocycles. The molecule has 0 spiro atoms. The summed E-state index contributed by atoms with van der Waals surface area (Å²) in [5, 5.41) is 0. The third-order valence-electron chi connectivity index (χ3n) is 8.13. The van der Waals surface area contributed by atoms with Crippen molar-refractivity contribution in [2.45, 2.75) is 97.3 Å². The van der Waals surface area contributed by atoms with E-state index in [0.717, 1.165) is 42.6 Å². The van der Waals surface area contributed by atoms with Gasteiger partial charge in [-0.2, -0.15) is 8.78 Å². The highest BCUT2D eigenvalue weighted by Crippen LogP contribution is 2.37. The van der Waals surface area contributed by atoms with Crippen molar-refractivity contribution in [2.24, 2.45) is 35.5 Å². The van der Waals surface area contributed by atoms with Crippen LogP contribution in [0.3, 0.4) is 0 Å². The lowest BCUT2D eigenvalue weighted by molar-refractivity contribution is 0.303. The molecule has 0 saturated heterocycles. The van der Waals surface area contributed by atoms with Gasteiger partial charge in [0.05, 0.1) is 0 Å². The molecule has 164 valence electrons. The normalized spacial score (nSPS) is 36.9. The summed E-state index contributed by atoms with van der Waals surface area (Å²) in [6.45, 7) is 4.79. The Morgan fingerprint density at radius 3 is 1.79 bits per heavy atom. The van der Waals surface area contributed by atoms with Crippen LogP contribution < -0.4 is 0 Å². The number of rotatable bonds is 6. The Bertz CT molecular complexity index is 559. The third-order valence-corrected chi connectivity index (χ3v) is 8.13. The van der Waals surface area contributed by atoms with Gasteiger partial charge in [0.25, 0.3) is 6.08 Å². The first kappa shape index (κ1) is 22.8. The second-order valence-electron chi connectivity index (χ2n) is 10.4. The molecule has 3 aliphatic carbocycles. The standard InChI is InChI=1S/C27H42F2/c1-20-3-5-25(6-4-20)19-21(2)26-16-13-24(14-17-26)12-9-22-7-10-23(11-8-22)15-18-27(28)29/h9,12,18-20,22-26H,3-8,10-11,13-17H2,1-2H3. The van der Waals surface area contributed by atoms with Crippen LogP contribution in [-0.2, 0) is 0 Å². The van der Waals surface area contributed by atoms with Crippen LogP contribution in [0, 0.1) is 35.5 Å². The van der Waals surface area contributed by atoms with E-state index in [1.165, 1.54) is 64.2 Å². The molecular weight excluding hydrogens is 362 g/mol. The van der Waals surface area contributed by atoms with Gasteiger partial charge in [0.2, 0.25) is 0 Å². The van der Waals surface area contributed by atoms with Gasteiger partial charge in [-0.05, 0) is 119 Å². The molecule has 0 aliphatic heterocycles. The van der Waals surface area contributed by atoms with Gasteiger partial charge in [-0.3, -0.25) is 0 Å². The molecule has 0 bridgehead atoms. The zero-order valence-electron chi connectivity index (χ0n) is 18.7. The van der Waals surface area contributed by atoms with Crippen molar-refractivity contribution in [3.63, 3.8) is 0 Å². The van der Waals surface area contributed by atoms with E-state index in [-0.39, 0.29) is 0 Å². The number of halogens is 2. The molecule has 29 heavy (non-hydrogen) atoms. The van der Waals surface area contributed by atoms with Gasteiger partial charge >= 0.3 is 0 Å². The van der Waals surface area contributed by atoms with E-state index in [4.69, 9.17) is 0 Å². The lowest BCUT2D eigenvalue weighted by atomic mass is 9.75. The van der Waals surface area contributed by atoms with Gasteiger partial charge in [0.15, 0.2) is 0 Å². The molecule has 0 aromatic heterocycles. The molecule has 0 N–H and O–H groups in total. The molecule has 0 atom stereocenters. The van der Waals surface area contributed by atoms with E-state index in [1.807, 2.05) is 0 Å². The van der Waals surface area contributed by atoms with Crippen molar-refractivity contribution < 1.29 is 8.78 Å². The molecule has 3 saturated carbocycles. The summed E-state index contributed by atoms with van der Waals surface area (Å²) in [7, 11) is 0. The molecule has 3 aliphatic rings. The van der Waals surface area contributed by atoms with Crippen molar-refractivity contribution in [1.82, 2.24) is 0 Å². The van der Waals surface area contributed by atoms with Crippen LogP contribution in [-0.4, -0.2) is 0 Å². The molecule has 0 nitrogen and oxygen atoms in total. The second-order valence-corrected chi connectivity index (χ2v) is 10.4. The van der Waals surface area contributed by atoms with Crippen molar-refractivity contribution in [3.05, 3.63) is 36.0 Å². The van der Waals surface area contributed by atoms with Crippen molar-refractivity contribution in [1.29, 1.82) is 0 Å². The smallest absolute Gasteiger partial charge is 0.174 e. The zero-order valence-corrected chi connectivity index (χ0v) is 18.7. The third kappa shape index (κ3) is 7.68. The Balaban J connectivity index is 1.36. The van der Waals surface area contributed by atoms with Gasteiger partial charge in [-0.25, -0.2) is 0 Å². The molecular formula is C27H42F2. The largest absolute Gasteiger partial charge is 0.266 e. The highest BCUT2D eigenvalue weighted by atomic mass is 19.3. The van der Waals surface area contributed by atoms with E-state index in [9.17, 15) is 8.78 Å². The van der Waals surface area contributed by atoms with Crippen LogP contribution >= 0.6 is 0 Å². The Labute approximate surface area is 177 Å². The Morgan fingerprint density at radius 2 is 1.24 bits per heavy atom. The molecule has 0 amide bonds. The Hall–Kier alpha value is -0.920. The Morgan fingerprint density at radius 1 is 0.724 bits per heavy atom. The number of allylic oxidation sites excluding steroid dienone is 5. The fourth-order valence-corrected chi connectivity index (χ4v) is 5.91. The maximum absolute atomic E-state index is 12.2. The van der Waals surface area contributed by atoms with E-state index < -0.39 is 6.08 Å². The van der Waals surface area contributed by atoms with Crippen LogP contribution in [0.5, 0.6) is 0 Å². The van der Waals surface area contributed by atoms with E-state index in [2.05, 4.69) is 32.1 Å². The van der Waals surface area contributed by atoms with E-state index >= 15 is 0 Å². The van der Waals surface area contributed by atoms with E-state index in [1.54, 1.807) is 5.57 Å². The minimum Gasteiger partial charge on any atom is -0.174 e. The topological polar surface area (TPSA) is 0 Å². The second kappa shape index (κ2) is 11.5. The lowest BCUT2D eigenvalue weighted by Gasteiger charge is -2.30.